The predicted molar refractivity (Wildman–Crippen MR) is 126 cm³/mol. The van der Waals surface area contributed by atoms with Gasteiger partial charge in [0.25, 0.3) is 5.91 Å². The first-order valence-electron chi connectivity index (χ1n) is 9.85. The van der Waals surface area contributed by atoms with Crippen LogP contribution in [0.3, 0.4) is 0 Å². The average molecular weight is 445 g/mol. The normalized spacial score (nSPS) is 16.0. The number of carboxylic acid groups (broad SMARTS) is 1. The van der Waals surface area contributed by atoms with E-state index in [-0.39, 0.29) is 18.0 Å². The summed E-state index contributed by atoms with van der Waals surface area (Å²) in [6, 6.07) is 23.4. The maximum absolute atomic E-state index is 13.3. The zero-order valence-corrected chi connectivity index (χ0v) is 18.1. The van der Waals surface area contributed by atoms with Gasteiger partial charge < -0.3 is 9.84 Å². The highest BCUT2D eigenvalue weighted by Crippen LogP contribution is 2.35. The van der Waals surface area contributed by atoms with Gasteiger partial charge in [0.2, 0.25) is 0 Å². The number of benzene rings is 3. The molecule has 6 nitrogen and oxygen atoms in total. The number of carbonyl (C=O) groups is 2. The van der Waals surface area contributed by atoms with Crippen molar-refractivity contribution in [3.8, 4) is 5.75 Å². The number of aromatic carboxylic acids is 1. The van der Waals surface area contributed by atoms with Crippen LogP contribution in [0, 0.1) is 0 Å². The third-order valence-electron chi connectivity index (χ3n) is 4.80. The molecule has 7 heteroatoms. The van der Waals surface area contributed by atoms with Gasteiger partial charge in [-0.3, -0.25) is 9.69 Å². The summed E-state index contributed by atoms with van der Waals surface area (Å²) in [5, 5.41) is 9.68. The molecule has 0 bridgehead atoms. The van der Waals surface area contributed by atoms with Crippen molar-refractivity contribution in [1.29, 1.82) is 0 Å². The molecule has 32 heavy (non-hydrogen) atoms. The predicted octanol–water partition coefficient (Wildman–Crippen LogP) is 5.20. The van der Waals surface area contributed by atoms with Crippen molar-refractivity contribution in [3.05, 3.63) is 100 Å². The lowest BCUT2D eigenvalue weighted by molar-refractivity contribution is -0.122. The maximum atomic E-state index is 13.3. The fraction of sp³-hybridized carbons (Fsp3) is 0.0800. The summed E-state index contributed by atoms with van der Waals surface area (Å²) in [4.78, 5) is 31.2. The van der Waals surface area contributed by atoms with Crippen LogP contribution < -0.4 is 4.74 Å². The van der Waals surface area contributed by atoms with Crippen LogP contribution in [0.25, 0.3) is 6.08 Å². The highest BCUT2D eigenvalue weighted by molar-refractivity contribution is 8.18. The number of thioether (sulfide) groups is 1. The lowest BCUT2D eigenvalue weighted by Crippen LogP contribution is -2.28. The fourth-order valence-electron chi connectivity index (χ4n) is 3.16. The molecule has 1 saturated heterocycles. The number of hydrogen-bond acceptors (Lipinski definition) is 5. The minimum atomic E-state index is -0.987. The molecule has 3 aromatic rings. The van der Waals surface area contributed by atoms with Crippen molar-refractivity contribution in [2.75, 3.05) is 7.11 Å². The van der Waals surface area contributed by atoms with Crippen LogP contribution in [0.4, 0.5) is 5.69 Å². The Morgan fingerprint density at radius 2 is 1.81 bits per heavy atom. The summed E-state index contributed by atoms with van der Waals surface area (Å²) < 4.78 is 5.28. The molecule has 0 spiro atoms. The Balaban J connectivity index is 1.67. The number of hydrogen-bond donors (Lipinski definition) is 1. The van der Waals surface area contributed by atoms with Crippen molar-refractivity contribution in [1.82, 2.24) is 4.90 Å². The molecule has 1 aliphatic heterocycles. The van der Waals surface area contributed by atoms with Gasteiger partial charge in [0.1, 0.15) is 5.75 Å². The first kappa shape index (κ1) is 21.4. The fourth-order valence-corrected chi connectivity index (χ4v) is 4.16. The zero-order chi connectivity index (χ0) is 22.5. The van der Waals surface area contributed by atoms with E-state index in [1.165, 1.54) is 23.9 Å². The molecule has 1 aliphatic rings. The average Bonchev–Trinajstić information content (AvgIpc) is 3.09. The summed E-state index contributed by atoms with van der Waals surface area (Å²) in [6.07, 6.45) is 1.82. The Morgan fingerprint density at radius 3 is 2.50 bits per heavy atom. The van der Waals surface area contributed by atoms with Crippen molar-refractivity contribution in [2.24, 2.45) is 4.99 Å². The lowest BCUT2D eigenvalue weighted by Gasteiger charge is -2.16. The van der Waals surface area contributed by atoms with E-state index in [2.05, 4.69) is 4.99 Å². The molecule has 1 N–H and O–H groups in total. The number of carbonyl (C=O) groups excluding carboxylic acids is 1. The van der Waals surface area contributed by atoms with Crippen molar-refractivity contribution in [2.45, 2.75) is 6.54 Å². The van der Waals surface area contributed by atoms with Gasteiger partial charge in [-0.25, -0.2) is 9.79 Å². The van der Waals surface area contributed by atoms with Gasteiger partial charge in [-0.1, -0.05) is 42.5 Å². The molecular weight excluding hydrogens is 424 g/mol. The van der Waals surface area contributed by atoms with Crippen molar-refractivity contribution < 1.29 is 19.4 Å². The van der Waals surface area contributed by atoms with Gasteiger partial charge in [0, 0.05) is 0 Å². The van der Waals surface area contributed by atoms with Crippen molar-refractivity contribution >= 4 is 40.6 Å². The summed E-state index contributed by atoms with van der Waals surface area (Å²) in [7, 11) is 1.60. The smallest absolute Gasteiger partial charge is 0.335 e. The van der Waals surface area contributed by atoms with Gasteiger partial charge in [-0.2, -0.15) is 0 Å². The highest BCUT2D eigenvalue weighted by Gasteiger charge is 2.33. The SMILES string of the molecule is COc1cccc(/C=C2\SC(=Nc3ccccc3)N(Cc3ccc(C(=O)O)cc3)C2=O)c1. The Kier molecular flexibility index (Phi) is 6.37. The quantitative estimate of drug-likeness (QED) is 0.529. The number of para-hydroxylation sites is 1. The number of ether oxygens (including phenoxy) is 1. The topological polar surface area (TPSA) is 79.2 Å². The zero-order valence-electron chi connectivity index (χ0n) is 17.3. The molecule has 0 unspecified atom stereocenters. The van der Waals surface area contributed by atoms with E-state index in [0.717, 1.165) is 16.8 Å². The number of carboxylic acids is 1. The number of rotatable bonds is 6. The molecule has 0 aromatic heterocycles. The first-order valence-corrected chi connectivity index (χ1v) is 10.7. The number of aliphatic imine (C=N–C) groups is 1. The molecule has 4 rings (SSSR count). The molecular formula is C25H20N2O4S. The summed E-state index contributed by atoms with van der Waals surface area (Å²) >= 11 is 1.31. The Bertz CT molecular complexity index is 1200. The lowest BCUT2D eigenvalue weighted by atomic mass is 10.1. The molecule has 1 amide bonds. The molecule has 0 atom stereocenters. The van der Waals surface area contributed by atoms with Gasteiger partial charge in [-0.15, -0.1) is 0 Å². The second kappa shape index (κ2) is 9.53. The van der Waals surface area contributed by atoms with E-state index in [9.17, 15) is 9.59 Å². The number of amides is 1. The van der Waals surface area contributed by atoms with E-state index in [4.69, 9.17) is 9.84 Å². The van der Waals surface area contributed by atoms with Gasteiger partial charge in [-0.05, 0) is 65.4 Å². The maximum Gasteiger partial charge on any atom is 0.335 e. The minimum Gasteiger partial charge on any atom is -0.497 e. The Hall–Kier alpha value is -3.84. The third kappa shape index (κ3) is 4.90. The molecule has 0 aliphatic carbocycles. The van der Waals surface area contributed by atoms with Crippen LogP contribution >= 0.6 is 11.8 Å². The summed E-state index contributed by atoms with van der Waals surface area (Å²) in [5.74, 6) is -0.433. The van der Waals surface area contributed by atoms with Gasteiger partial charge in [0.15, 0.2) is 5.17 Å². The van der Waals surface area contributed by atoms with Crippen LogP contribution in [0.15, 0.2) is 88.8 Å². The Labute approximate surface area is 189 Å². The number of amidine groups is 1. The van der Waals surface area contributed by atoms with E-state index in [1.807, 2.05) is 60.7 Å². The van der Waals surface area contributed by atoms with Crippen LogP contribution in [0.5, 0.6) is 5.75 Å². The number of nitrogens with zero attached hydrogens (tertiary/aromatic N) is 2. The molecule has 160 valence electrons. The second-order valence-electron chi connectivity index (χ2n) is 7.01. The summed E-state index contributed by atoms with van der Waals surface area (Å²) in [5.41, 5.74) is 2.61. The standard InChI is InChI=1S/C25H20N2O4S/c1-31-21-9-5-6-18(14-21)15-22-23(28)27(16-17-10-12-19(13-11-17)24(29)30)25(32-22)26-20-7-3-2-4-8-20/h2-15H,16H2,1H3,(H,29,30)/b22-15-,26-25?. The van der Waals surface area contributed by atoms with E-state index < -0.39 is 5.97 Å². The monoisotopic (exact) mass is 444 g/mol. The molecule has 0 radical (unpaired) electrons. The molecule has 1 fully saturated rings. The molecule has 0 saturated carbocycles. The third-order valence-corrected chi connectivity index (χ3v) is 5.81. The number of methoxy groups -OCH3 is 1. The van der Waals surface area contributed by atoms with E-state index >= 15 is 0 Å². The van der Waals surface area contributed by atoms with E-state index in [1.54, 1.807) is 24.1 Å². The Morgan fingerprint density at radius 1 is 1.06 bits per heavy atom. The molecule has 1 heterocycles. The van der Waals surface area contributed by atoms with Crippen LogP contribution in [0.1, 0.15) is 21.5 Å². The van der Waals surface area contributed by atoms with Crippen LogP contribution in [-0.2, 0) is 11.3 Å². The largest absolute Gasteiger partial charge is 0.497 e. The second-order valence-corrected chi connectivity index (χ2v) is 8.02. The van der Waals surface area contributed by atoms with Crippen LogP contribution in [0.2, 0.25) is 0 Å². The first-order chi connectivity index (χ1) is 15.5. The van der Waals surface area contributed by atoms with E-state index in [0.29, 0.717) is 15.8 Å². The van der Waals surface area contributed by atoms with Gasteiger partial charge >= 0.3 is 5.97 Å². The summed E-state index contributed by atoms with van der Waals surface area (Å²) in [6.45, 7) is 0.285. The highest BCUT2D eigenvalue weighted by atomic mass is 32.2. The minimum absolute atomic E-state index is 0.158. The van der Waals surface area contributed by atoms with Gasteiger partial charge in [0.05, 0.1) is 29.8 Å². The van der Waals surface area contributed by atoms with Crippen LogP contribution in [-0.4, -0.2) is 34.2 Å². The van der Waals surface area contributed by atoms with Crippen molar-refractivity contribution in [3.63, 3.8) is 0 Å². The molecule has 3 aromatic carbocycles.